The van der Waals surface area contributed by atoms with Gasteiger partial charge in [0.15, 0.2) is 10.3 Å². The van der Waals surface area contributed by atoms with Gasteiger partial charge in [-0.15, -0.1) is 25.3 Å². The molecule has 45 heavy (non-hydrogen) atoms. The topological polar surface area (TPSA) is 41.9 Å². The summed E-state index contributed by atoms with van der Waals surface area (Å²) in [5.41, 5.74) is 0. The Morgan fingerprint density at radius 2 is 0.556 bits per heavy atom. The maximum absolute atomic E-state index is 4.54. The van der Waals surface area contributed by atoms with Crippen molar-refractivity contribution in [1.29, 1.82) is 0 Å². The monoisotopic (exact) mass is 665 g/mol. The lowest BCUT2D eigenvalue weighted by atomic mass is 10.0. The number of aromatic nitrogens is 3. The van der Waals surface area contributed by atoms with Gasteiger partial charge in [-0.3, -0.25) is 0 Å². The number of thiol groups is 2. The van der Waals surface area contributed by atoms with Gasteiger partial charge in [0.1, 0.15) is 0 Å². The minimum atomic E-state index is 0.467. The molecule has 0 bridgehead atoms. The van der Waals surface area contributed by atoms with Gasteiger partial charge >= 0.3 is 0 Å². The molecule has 0 N–H and O–H groups in total. The SMILES string of the molecule is CCCCCCCCCCCCCCCCCCN(CCCCCCCCCCCCCCCCCC)c1nc(S)nc(S)n1. The van der Waals surface area contributed by atoms with Crippen LogP contribution in [0.3, 0.4) is 0 Å². The summed E-state index contributed by atoms with van der Waals surface area (Å²) in [7, 11) is 0. The molecule has 0 aromatic carbocycles. The lowest BCUT2D eigenvalue weighted by Crippen LogP contribution is -2.28. The molecule has 264 valence electrons. The molecule has 6 heteroatoms. The zero-order chi connectivity index (χ0) is 32.5. The minimum Gasteiger partial charge on any atom is -0.341 e. The van der Waals surface area contributed by atoms with Gasteiger partial charge in [0.05, 0.1) is 0 Å². The normalized spacial score (nSPS) is 11.5. The first-order valence-electron chi connectivity index (χ1n) is 20.1. The summed E-state index contributed by atoms with van der Waals surface area (Å²) in [6.07, 6.45) is 44.8. The van der Waals surface area contributed by atoms with Crippen LogP contribution in [0.1, 0.15) is 219 Å². The molecule has 0 fully saturated rings. The van der Waals surface area contributed by atoms with E-state index in [0.717, 1.165) is 19.0 Å². The first-order chi connectivity index (χ1) is 22.2. The number of hydrogen-bond acceptors (Lipinski definition) is 6. The molecule has 4 nitrogen and oxygen atoms in total. The van der Waals surface area contributed by atoms with Crippen LogP contribution in [0.25, 0.3) is 0 Å². The van der Waals surface area contributed by atoms with Crippen molar-refractivity contribution in [2.75, 3.05) is 18.0 Å². The van der Waals surface area contributed by atoms with Gasteiger partial charge in [0.2, 0.25) is 5.95 Å². The fraction of sp³-hybridized carbons (Fsp3) is 0.923. The van der Waals surface area contributed by atoms with Crippen molar-refractivity contribution in [3.8, 4) is 0 Å². The summed E-state index contributed by atoms with van der Waals surface area (Å²) >= 11 is 8.78. The van der Waals surface area contributed by atoms with Gasteiger partial charge < -0.3 is 4.90 Å². The second kappa shape index (κ2) is 33.4. The Balaban J connectivity index is 2.07. The summed E-state index contributed by atoms with van der Waals surface area (Å²) in [5, 5.41) is 0.933. The standard InChI is InChI=1S/C39H76N4S2/c1-3-5-7-9-11-13-15-17-19-21-23-25-27-29-31-33-35-43(37-40-38(44)42-39(45)41-37)36-34-32-30-28-26-24-22-20-18-16-14-12-10-8-6-4-2/h3-36H2,1-2H3,(H2,40,41,42,44,45). The Morgan fingerprint density at radius 3 is 0.800 bits per heavy atom. The molecule has 1 aromatic heterocycles. The van der Waals surface area contributed by atoms with E-state index in [1.807, 2.05) is 0 Å². The van der Waals surface area contributed by atoms with Crippen molar-refractivity contribution in [2.24, 2.45) is 0 Å². The number of anilines is 1. The smallest absolute Gasteiger partial charge is 0.230 e. The van der Waals surface area contributed by atoms with E-state index in [-0.39, 0.29) is 0 Å². The largest absolute Gasteiger partial charge is 0.341 e. The third kappa shape index (κ3) is 28.3. The van der Waals surface area contributed by atoms with E-state index >= 15 is 0 Å². The molecule has 0 unspecified atom stereocenters. The van der Waals surface area contributed by atoms with Crippen LogP contribution >= 0.6 is 25.3 Å². The summed E-state index contributed by atoms with van der Waals surface area (Å²) in [5.74, 6) is 0.752. The molecular weight excluding hydrogens is 589 g/mol. The molecule has 0 aliphatic carbocycles. The van der Waals surface area contributed by atoms with E-state index in [2.05, 4.69) is 59.0 Å². The molecule has 0 atom stereocenters. The third-order valence-electron chi connectivity index (χ3n) is 9.45. The lowest BCUT2D eigenvalue weighted by molar-refractivity contribution is 0.523. The van der Waals surface area contributed by atoms with Gasteiger partial charge in [-0.05, 0) is 12.8 Å². The lowest BCUT2D eigenvalue weighted by Gasteiger charge is -2.23. The molecule has 0 aliphatic rings. The van der Waals surface area contributed by atoms with E-state index in [1.165, 1.54) is 205 Å². The molecule has 0 amide bonds. The van der Waals surface area contributed by atoms with Crippen LogP contribution in [0.2, 0.25) is 0 Å². The van der Waals surface area contributed by atoms with Crippen molar-refractivity contribution in [3.05, 3.63) is 0 Å². The van der Waals surface area contributed by atoms with Crippen molar-refractivity contribution in [1.82, 2.24) is 15.0 Å². The number of hydrogen-bond donors (Lipinski definition) is 2. The minimum absolute atomic E-state index is 0.467. The summed E-state index contributed by atoms with van der Waals surface area (Å²) in [4.78, 5) is 15.6. The molecule has 0 spiro atoms. The first-order valence-corrected chi connectivity index (χ1v) is 21.0. The second-order valence-electron chi connectivity index (χ2n) is 13.8. The van der Waals surface area contributed by atoms with Gasteiger partial charge in [-0.25, -0.2) is 0 Å². The maximum Gasteiger partial charge on any atom is 0.230 e. The van der Waals surface area contributed by atoms with Crippen LogP contribution in [0.5, 0.6) is 0 Å². The molecule has 1 rings (SSSR count). The molecule has 1 heterocycles. The van der Waals surface area contributed by atoms with Crippen LogP contribution in [-0.4, -0.2) is 28.0 Å². The van der Waals surface area contributed by atoms with E-state index in [4.69, 9.17) is 0 Å². The molecular formula is C39H76N4S2. The Bertz CT molecular complexity index is 692. The molecule has 0 saturated carbocycles. The predicted octanol–water partition coefficient (Wildman–Crippen LogP) is 13.8. The highest BCUT2D eigenvalue weighted by molar-refractivity contribution is 7.80. The highest BCUT2D eigenvalue weighted by atomic mass is 32.1. The van der Waals surface area contributed by atoms with Crippen molar-refractivity contribution in [2.45, 2.75) is 230 Å². The van der Waals surface area contributed by atoms with E-state index < -0.39 is 0 Å². The summed E-state index contributed by atoms with van der Waals surface area (Å²) in [6.45, 7) is 6.63. The van der Waals surface area contributed by atoms with Gasteiger partial charge in [-0.2, -0.15) is 15.0 Å². The maximum atomic E-state index is 4.54. The molecule has 0 saturated heterocycles. The predicted molar refractivity (Wildman–Crippen MR) is 206 cm³/mol. The average molecular weight is 665 g/mol. The fourth-order valence-corrected chi connectivity index (χ4v) is 6.95. The Kier molecular flexibility index (Phi) is 31.6. The number of nitrogens with zero attached hydrogens (tertiary/aromatic N) is 4. The van der Waals surface area contributed by atoms with Crippen LogP contribution in [0.4, 0.5) is 5.95 Å². The quantitative estimate of drug-likeness (QED) is 0.0560. The van der Waals surface area contributed by atoms with E-state index in [0.29, 0.717) is 10.3 Å². The Morgan fingerprint density at radius 1 is 0.333 bits per heavy atom. The Hall–Kier alpha value is -0.490. The van der Waals surface area contributed by atoms with Crippen LogP contribution < -0.4 is 4.90 Å². The van der Waals surface area contributed by atoms with Crippen LogP contribution in [0.15, 0.2) is 10.3 Å². The van der Waals surface area contributed by atoms with Crippen molar-refractivity contribution in [3.63, 3.8) is 0 Å². The van der Waals surface area contributed by atoms with Crippen LogP contribution in [0, 0.1) is 0 Å². The zero-order valence-corrected chi connectivity index (χ0v) is 32.0. The Labute approximate surface area is 292 Å². The fourth-order valence-electron chi connectivity index (χ4n) is 6.50. The van der Waals surface area contributed by atoms with Gasteiger partial charge in [-0.1, -0.05) is 206 Å². The zero-order valence-electron chi connectivity index (χ0n) is 30.2. The molecule has 0 aliphatic heterocycles. The van der Waals surface area contributed by atoms with E-state index in [9.17, 15) is 0 Å². The number of unbranched alkanes of at least 4 members (excludes halogenated alkanes) is 30. The highest BCUT2D eigenvalue weighted by Gasteiger charge is 2.12. The van der Waals surface area contributed by atoms with Crippen molar-refractivity contribution < 1.29 is 0 Å². The highest BCUT2D eigenvalue weighted by Crippen LogP contribution is 2.18. The van der Waals surface area contributed by atoms with Gasteiger partial charge in [0, 0.05) is 13.1 Å². The summed E-state index contributed by atoms with van der Waals surface area (Å²) in [6, 6.07) is 0. The van der Waals surface area contributed by atoms with Crippen LogP contribution in [-0.2, 0) is 0 Å². The number of rotatable bonds is 35. The average Bonchev–Trinajstić information content (AvgIpc) is 3.02. The third-order valence-corrected chi connectivity index (χ3v) is 9.85. The van der Waals surface area contributed by atoms with Crippen molar-refractivity contribution >= 4 is 31.2 Å². The van der Waals surface area contributed by atoms with E-state index in [1.54, 1.807) is 0 Å². The molecule has 1 aromatic rings. The first kappa shape index (κ1) is 42.5. The summed E-state index contributed by atoms with van der Waals surface area (Å²) < 4.78 is 0. The molecule has 0 radical (unpaired) electrons. The van der Waals surface area contributed by atoms with Gasteiger partial charge in [0.25, 0.3) is 0 Å². The second-order valence-corrected chi connectivity index (χ2v) is 14.6.